The third-order valence-electron chi connectivity index (χ3n) is 4.05. The highest BCUT2D eigenvalue weighted by Crippen LogP contribution is 2.24. The van der Waals surface area contributed by atoms with E-state index in [4.69, 9.17) is 4.74 Å². The Morgan fingerprint density at radius 2 is 2.32 bits per heavy atom. The second kappa shape index (κ2) is 7.39. The van der Waals surface area contributed by atoms with Crippen LogP contribution in [0.4, 0.5) is 0 Å². The fourth-order valence-corrected chi connectivity index (χ4v) is 3.76. The van der Waals surface area contributed by atoms with E-state index in [1.165, 1.54) is 24.1 Å². The Kier molecular flexibility index (Phi) is 5.82. The van der Waals surface area contributed by atoms with Gasteiger partial charge in [-0.2, -0.15) is 0 Å². The van der Waals surface area contributed by atoms with E-state index in [-0.39, 0.29) is 0 Å². The van der Waals surface area contributed by atoms with Gasteiger partial charge in [-0.3, -0.25) is 0 Å². The van der Waals surface area contributed by atoms with E-state index < -0.39 is 0 Å². The number of methoxy groups -OCH3 is 1. The molecule has 0 spiro atoms. The van der Waals surface area contributed by atoms with Crippen molar-refractivity contribution in [2.75, 3.05) is 27.7 Å². The second-order valence-electron chi connectivity index (χ2n) is 5.62. The molecule has 0 bridgehead atoms. The lowest BCUT2D eigenvalue weighted by molar-refractivity contribution is 0.0578. The maximum absolute atomic E-state index is 5.50. The van der Waals surface area contributed by atoms with E-state index in [0.717, 1.165) is 13.0 Å². The third-order valence-corrected chi connectivity index (χ3v) is 5.03. The fourth-order valence-electron chi connectivity index (χ4n) is 2.84. The van der Waals surface area contributed by atoms with Gasteiger partial charge in [0, 0.05) is 24.6 Å². The van der Waals surface area contributed by atoms with E-state index in [1.807, 2.05) is 18.4 Å². The maximum atomic E-state index is 5.50. The molecule has 19 heavy (non-hydrogen) atoms. The van der Waals surface area contributed by atoms with Crippen molar-refractivity contribution in [3.05, 3.63) is 22.4 Å². The van der Waals surface area contributed by atoms with Crippen molar-refractivity contribution in [1.29, 1.82) is 0 Å². The van der Waals surface area contributed by atoms with E-state index in [0.29, 0.717) is 18.2 Å². The number of hydrogen-bond donors (Lipinski definition) is 1. The number of hydrogen-bond acceptors (Lipinski definition) is 4. The smallest absolute Gasteiger partial charge is 0.0586 e. The summed E-state index contributed by atoms with van der Waals surface area (Å²) in [5.74, 6) is 0. The molecule has 2 rings (SSSR count). The number of nitrogens with zero attached hydrogens (tertiary/aromatic N) is 1. The summed E-state index contributed by atoms with van der Waals surface area (Å²) in [6, 6.07) is 5.46. The molecule has 3 nitrogen and oxygen atoms in total. The number of nitrogens with one attached hydrogen (secondary N) is 1. The fraction of sp³-hybridized carbons (Fsp3) is 0.733. The van der Waals surface area contributed by atoms with Crippen LogP contribution in [0, 0.1) is 0 Å². The van der Waals surface area contributed by atoms with Crippen LogP contribution in [0.3, 0.4) is 0 Å². The molecule has 0 amide bonds. The minimum absolute atomic E-state index is 0.450. The molecule has 1 heterocycles. The number of likely N-dealkylation sites (N-methyl/N-ethyl adjacent to an activating group) is 1. The molecule has 0 aromatic carbocycles. The Bertz CT molecular complexity index is 353. The molecule has 4 heteroatoms. The standard InChI is InChI=1S/C15H26N2OS/c1-17(2)14(15-8-5-9-19-15)11-16-12-6-4-7-13(10-12)18-3/h5,8-9,12-14,16H,4,6-7,10-11H2,1-3H3. The topological polar surface area (TPSA) is 24.5 Å². The first-order valence-corrected chi connectivity index (χ1v) is 8.04. The monoisotopic (exact) mass is 282 g/mol. The highest BCUT2D eigenvalue weighted by atomic mass is 32.1. The SMILES string of the molecule is COC1CCCC(NCC(c2cccs2)N(C)C)C1. The molecular formula is C15H26N2OS. The first kappa shape index (κ1) is 15.0. The van der Waals surface area contributed by atoms with Crippen LogP contribution in [-0.2, 0) is 4.74 Å². The Balaban J connectivity index is 1.85. The van der Waals surface area contributed by atoms with Gasteiger partial charge in [-0.1, -0.05) is 6.07 Å². The van der Waals surface area contributed by atoms with Crippen LogP contribution in [0.15, 0.2) is 17.5 Å². The van der Waals surface area contributed by atoms with E-state index in [9.17, 15) is 0 Å². The number of thiophene rings is 1. The zero-order valence-electron chi connectivity index (χ0n) is 12.3. The van der Waals surface area contributed by atoms with Crippen LogP contribution in [0.2, 0.25) is 0 Å². The van der Waals surface area contributed by atoms with Gasteiger partial charge in [-0.05, 0) is 51.2 Å². The molecule has 1 fully saturated rings. The molecule has 0 saturated heterocycles. The molecule has 1 aliphatic carbocycles. The Morgan fingerprint density at radius 1 is 1.47 bits per heavy atom. The highest BCUT2D eigenvalue weighted by Gasteiger charge is 2.23. The lowest BCUT2D eigenvalue weighted by Crippen LogP contribution is -2.40. The average Bonchev–Trinajstić information content (AvgIpc) is 2.93. The quantitative estimate of drug-likeness (QED) is 0.868. The normalized spacial score (nSPS) is 25.7. The van der Waals surface area contributed by atoms with E-state index in [1.54, 1.807) is 0 Å². The summed E-state index contributed by atoms with van der Waals surface area (Å²) in [6.45, 7) is 1.02. The summed E-state index contributed by atoms with van der Waals surface area (Å²) in [4.78, 5) is 3.74. The molecule has 108 valence electrons. The third kappa shape index (κ3) is 4.28. The Morgan fingerprint density at radius 3 is 2.95 bits per heavy atom. The second-order valence-corrected chi connectivity index (χ2v) is 6.60. The van der Waals surface area contributed by atoms with Crippen LogP contribution in [0.1, 0.15) is 36.6 Å². The number of ether oxygens (including phenoxy) is 1. The summed E-state index contributed by atoms with van der Waals surface area (Å²) >= 11 is 1.84. The van der Waals surface area contributed by atoms with E-state index >= 15 is 0 Å². The van der Waals surface area contributed by atoms with Crippen molar-refractivity contribution in [2.24, 2.45) is 0 Å². The van der Waals surface area contributed by atoms with Crippen molar-refractivity contribution in [1.82, 2.24) is 10.2 Å². The van der Waals surface area contributed by atoms with Gasteiger partial charge in [0.15, 0.2) is 0 Å². The van der Waals surface area contributed by atoms with Crippen molar-refractivity contribution in [3.8, 4) is 0 Å². The van der Waals surface area contributed by atoms with Crippen LogP contribution in [0.5, 0.6) is 0 Å². The van der Waals surface area contributed by atoms with Crippen molar-refractivity contribution < 1.29 is 4.74 Å². The van der Waals surface area contributed by atoms with Gasteiger partial charge < -0.3 is 15.0 Å². The molecule has 0 radical (unpaired) electrons. The van der Waals surface area contributed by atoms with Crippen molar-refractivity contribution >= 4 is 11.3 Å². The van der Waals surface area contributed by atoms with Crippen LogP contribution < -0.4 is 5.32 Å². The maximum Gasteiger partial charge on any atom is 0.0586 e. The van der Waals surface area contributed by atoms with Gasteiger partial charge >= 0.3 is 0 Å². The number of rotatable bonds is 6. The molecule has 1 aromatic heterocycles. The predicted octanol–water partition coefficient (Wildman–Crippen LogP) is 2.90. The lowest BCUT2D eigenvalue weighted by Gasteiger charge is -2.31. The minimum Gasteiger partial charge on any atom is -0.381 e. The molecule has 3 atom stereocenters. The lowest BCUT2D eigenvalue weighted by atomic mass is 9.92. The average molecular weight is 282 g/mol. The van der Waals surface area contributed by atoms with Gasteiger partial charge in [0.1, 0.15) is 0 Å². The molecule has 1 N–H and O–H groups in total. The zero-order valence-corrected chi connectivity index (χ0v) is 13.1. The summed E-state index contributed by atoms with van der Waals surface area (Å²) in [5.41, 5.74) is 0. The van der Waals surface area contributed by atoms with Crippen LogP contribution >= 0.6 is 11.3 Å². The Labute approximate surface area is 121 Å². The molecule has 0 aliphatic heterocycles. The van der Waals surface area contributed by atoms with Crippen LogP contribution in [0.25, 0.3) is 0 Å². The van der Waals surface area contributed by atoms with Gasteiger partial charge in [0.05, 0.1) is 12.1 Å². The molecular weight excluding hydrogens is 256 g/mol. The molecule has 1 saturated carbocycles. The van der Waals surface area contributed by atoms with Gasteiger partial charge in [-0.25, -0.2) is 0 Å². The minimum atomic E-state index is 0.450. The summed E-state index contributed by atoms with van der Waals surface area (Å²) in [6.07, 6.45) is 5.38. The summed E-state index contributed by atoms with van der Waals surface area (Å²) in [5, 5.41) is 5.90. The summed E-state index contributed by atoms with van der Waals surface area (Å²) < 4.78 is 5.50. The molecule has 3 unspecified atom stereocenters. The first-order valence-electron chi connectivity index (χ1n) is 7.16. The van der Waals surface area contributed by atoms with Crippen molar-refractivity contribution in [2.45, 2.75) is 43.9 Å². The summed E-state index contributed by atoms with van der Waals surface area (Å²) in [7, 11) is 6.15. The predicted molar refractivity (Wildman–Crippen MR) is 81.8 cm³/mol. The molecule has 1 aromatic rings. The van der Waals surface area contributed by atoms with Crippen molar-refractivity contribution in [3.63, 3.8) is 0 Å². The Hall–Kier alpha value is -0.420. The zero-order chi connectivity index (χ0) is 13.7. The van der Waals surface area contributed by atoms with Crippen LogP contribution in [-0.4, -0.2) is 44.8 Å². The van der Waals surface area contributed by atoms with Gasteiger partial charge in [0.25, 0.3) is 0 Å². The largest absolute Gasteiger partial charge is 0.381 e. The van der Waals surface area contributed by atoms with E-state index in [2.05, 4.69) is 41.8 Å². The molecule has 1 aliphatic rings. The van der Waals surface area contributed by atoms with Gasteiger partial charge in [-0.15, -0.1) is 11.3 Å². The highest BCUT2D eigenvalue weighted by molar-refractivity contribution is 7.10. The first-order chi connectivity index (χ1) is 9.20. The van der Waals surface area contributed by atoms with Gasteiger partial charge in [0.2, 0.25) is 0 Å².